The molecule has 182 valence electrons. The fourth-order valence-corrected chi connectivity index (χ4v) is 6.17. The van der Waals surface area contributed by atoms with E-state index < -0.39 is 9.84 Å². The molecule has 0 aliphatic heterocycles. The van der Waals surface area contributed by atoms with Crippen molar-refractivity contribution < 1.29 is 13.2 Å². The average molecular weight is 489 g/mol. The predicted molar refractivity (Wildman–Crippen MR) is 141 cm³/mol. The Balaban J connectivity index is 1.37. The third-order valence-electron chi connectivity index (χ3n) is 7.32. The summed E-state index contributed by atoms with van der Waals surface area (Å²) in [5.41, 5.74) is 3.90. The molecule has 1 fully saturated rings. The Morgan fingerprint density at radius 1 is 0.914 bits per heavy atom. The van der Waals surface area contributed by atoms with Crippen LogP contribution in [0.1, 0.15) is 54.9 Å². The van der Waals surface area contributed by atoms with Crippen LogP contribution in [0.4, 0.5) is 0 Å². The topological polar surface area (TPSA) is 68.2 Å². The van der Waals surface area contributed by atoms with E-state index in [1.54, 1.807) is 31.2 Å². The molecule has 1 N–H and O–H groups in total. The zero-order valence-corrected chi connectivity index (χ0v) is 21.0. The van der Waals surface area contributed by atoms with Gasteiger partial charge in [-0.15, -0.1) is 0 Å². The molecule has 35 heavy (non-hydrogen) atoms. The number of amides is 1. The van der Waals surface area contributed by atoms with Crippen LogP contribution < -0.4 is 5.32 Å². The fourth-order valence-electron chi connectivity index (χ4n) is 5.29. The van der Waals surface area contributed by atoms with E-state index in [0.717, 1.165) is 17.5 Å². The van der Waals surface area contributed by atoms with Crippen molar-refractivity contribution in [1.29, 1.82) is 0 Å². The van der Waals surface area contributed by atoms with Crippen LogP contribution in [0.5, 0.6) is 0 Å². The van der Waals surface area contributed by atoms with E-state index in [0.29, 0.717) is 22.9 Å². The monoisotopic (exact) mass is 488 g/mol. The summed E-state index contributed by atoms with van der Waals surface area (Å²) >= 11 is 0. The molecule has 1 amide bonds. The Labute approximate surface area is 207 Å². The second-order valence-electron chi connectivity index (χ2n) is 9.59. The lowest BCUT2D eigenvalue weighted by atomic mass is 9.89. The van der Waals surface area contributed by atoms with Crippen molar-refractivity contribution in [2.24, 2.45) is 5.92 Å². The summed E-state index contributed by atoms with van der Waals surface area (Å²) in [7, 11) is -3.23. The van der Waals surface area contributed by atoms with Gasteiger partial charge in [-0.05, 0) is 60.7 Å². The van der Waals surface area contributed by atoms with Gasteiger partial charge in [-0.3, -0.25) is 4.79 Å². The molecule has 3 aromatic carbocycles. The van der Waals surface area contributed by atoms with E-state index in [1.165, 1.54) is 48.5 Å². The maximum atomic E-state index is 13.0. The van der Waals surface area contributed by atoms with Crippen molar-refractivity contribution in [3.63, 3.8) is 0 Å². The van der Waals surface area contributed by atoms with Gasteiger partial charge in [-0.1, -0.05) is 56.5 Å². The van der Waals surface area contributed by atoms with Crippen LogP contribution in [0.15, 0.2) is 71.6 Å². The van der Waals surface area contributed by atoms with Gasteiger partial charge in [0.15, 0.2) is 9.84 Å². The zero-order valence-electron chi connectivity index (χ0n) is 20.2. The van der Waals surface area contributed by atoms with Crippen molar-refractivity contribution >= 4 is 37.6 Å². The second kappa shape index (κ2) is 9.86. The largest absolute Gasteiger partial charge is 0.348 e. The number of hydrogen-bond donors (Lipinski definition) is 1. The molecule has 6 heteroatoms. The van der Waals surface area contributed by atoms with Crippen molar-refractivity contribution in [2.75, 3.05) is 5.75 Å². The Bertz CT molecular complexity index is 1460. The summed E-state index contributed by atoms with van der Waals surface area (Å²) in [6.07, 6.45) is 6.58. The lowest BCUT2D eigenvalue weighted by molar-refractivity contribution is 0.0951. The second-order valence-corrected chi connectivity index (χ2v) is 11.9. The number of carbonyl (C=O) groups is 1. The minimum absolute atomic E-state index is 0.0720. The molecule has 1 saturated carbocycles. The predicted octanol–water partition coefficient (Wildman–Crippen LogP) is 6.10. The summed E-state index contributed by atoms with van der Waals surface area (Å²) in [5.74, 6) is 0.647. The normalized spacial score (nSPS) is 15.0. The van der Waals surface area contributed by atoms with Crippen LogP contribution >= 0.6 is 0 Å². The maximum Gasteiger partial charge on any atom is 0.251 e. The SMILES string of the molecule is CCS(=O)(=O)c1ccc(CNC(=O)c2ccc3c(c2)c2ccccc2n3CC2CCCCC2)cc1. The summed E-state index contributed by atoms with van der Waals surface area (Å²) in [4.78, 5) is 13.3. The van der Waals surface area contributed by atoms with Gasteiger partial charge in [-0.2, -0.15) is 0 Å². The van der Waals surface area contributed by atoms with Crippen LogP contribution in [-0.4, -0.2) is 24.6 Å². The lowest BCUT2D eigenvalue weighted by Gasteiger charge is -2.23. The first kappa shape index (κ1) is 23.6. The molecule has 1 aliphatic rings. The van der Waals surface area contributed by atoms with E-state index in [1.807, 2.05) is 12.1 Å². The molecule has 1 aliphatic carbocycles. The number of carbonyl (C=O) groups excluding carboxylic acids is 1. The Morgan fingerprint density at radius 2 is 1.63 bits per heavy atom. The van der Waals surface area contributed by atoms with Crippen molar-refractivity contribution in [2.45, 2.75) is 57.0 Å². The molecule has 1 heterocycles. The van der Waals surface area contributed by atoms with E-state index in [-0.39, 0.29) is 11.7 Å². The highest BCUT2D eigenvalue weighted by Gasteiger charge is 2.19. The third-order valence-corrected chi connectivity index (χ3v) is 9.07. The number of rotatable bonds is 7. The first-order valence-electron chi connectivity index (χ1n) is 12.6. The number of fused-ring (bicyclic) bond motifs is 3. The summed E-state index contributed by atoms with van der Waals surface area (Å²) in [5, 5.41) is 5.27. The number of aromatic nitrogens is 1. The quantitative estimate of drug-likeness (QED) is 0.342. The van der Waals surface area contributed by atoms with Crippen LogP contribution in [0.25, 0.3) is 21.8 Å². The summed E-state index contributed by atoms with van der Waals surface area (Å²) in [6, 6.07) is 21.2. The van der Waals surface area contributed by atoms with E-state index >= 15 is 0 Å². The first-order chi connectivity index (χ1) is 17.0. The van der Waals surface area contributed by atoms with Gasteiger partial charge in [0.2, 0.25) is 0 Å². The molecule has 0 bridgehead atoms. The van der Waals surface area contributed by atoms with Gasteiger partial charge < -0.3 is 9.88 Å². The van der Waals surface area contributed by atoms with Crippen molar-refractivity contribution in [1.82, 2.24) is 9.88 Å². The van der Waals surface area contributed by atoms with Crippen LogP contribution in [-0.2, 0) is 22.9 Å². The third kappa shape index (κ3) is 4.85. The number of sulfone groups is 1. The van der Waals surface area contributed by atoms with Crippen LogP contribution in [0, 0.1) is 5.92 Å². The highest BCUT2D eigenvalue weighted by atomic mass is 32.2. The Morgan fingerprint density at radius 3 is 2.37 bits per heavy atom. The van der Waals surface area contributed by atoms with Gasteiger partial charge in [0.1, 0.15) is 0 Å². The van der Waals surface area contributed by atoms with Gasteiger partial charge in [-0.25, -0.2) is 8.42 Å². The molecule has 5 rings (SSSR count). The molecule has 5 nitrogen and oxygen atoms in total. The van der Waals surface area contributed by atoms with Crippen LogP contribution in [0.3, 0.4) is 0 Å². The first-order valence-corrected chi connectivity index (χ1v) is 14.2. The smallest absolute Gasteiger partial charge is 0.251 e. The van der Waals surface area contributed by atoms with Gasteiger partial charge in [0.25, 0.3) is 5.91 Å². The van der Waals surface area contributed by atoms with Crippen molar-refractivity contribution in [3.05, 3.63) is 77.9 Å². The minimum Gasteiger partial charge on any atom is -0.348 e. The number of hydrogen-bond acceptors (Lipinski definition) is 3. The minimum atomic E-state index is -3.23. The number of nitrogens with one attached hydrogen (secondary N) is 1. The number of benzene rings is 3. The molecular formula is C29H32N2O3S. The Kier molecular flexibility index (Phi) is 6.65. The average Bonchev–Trinajstić information content (AvgIpc) is 3.21. The molecule has 0 radical (unpaired) electrons. The Hall–Kier alpha value is -3.12. The standard InChI is InChI=1S/C29H32N2O3S/c1-2-35(33,34)24-15-12-21(13-16-24)19-30-29(32)23-14-17-28-26(18-23)25-10-6-7-11-27(25)31(28)20-22-8-4-3-5-9-22/h6-7,10-18,22H,2-5,8-9,19-20H2,1H3,(H,30,32). The van der Waals surface area contributed by atoms with E-state index in [4.69, 9.17) is 0 Å². The zero-order chi connectivity index (χ0) is 24.4. The summed E-state index contributed by atoms with van der Waals surface area (Å²) in [6.45, 7) is 3.00. The summed E-state index contributed by atoms with van der Waals surface area (Å²) < 4.78 is 26.4. The molecule has 4 aromatic rings. The number of nitrogens with zero attached hydrogens (tertiary/aromatic N) is 1. The van der Waals surface area contributed by atoms with Gasteiger partial charge in [0.05, 0.1) is 10.6 Å². The van der Waals surface area contributed by atoms with E-state index in [2.05, 4.69) is 40.2 Å². The fraction of sp³-hybridized carbons (Fsp3) is 0.345. The highest BCUT2D eigenvalue weighted by Crippen LogP contribution is 2.33. The lowest BCUT2D eigenvalue weighted by Crippen LogP contribution is -2.22. The van der Waals surface area contributed by atoms with Crippen molar-refractivity contribution in [3.8, 4) is 0 Å². The number of para-hydroxylation sites is 1. The van der Waals surface area contributed by atoms with E-state index in [9.17, 15) is 13.2 Å². The van der Waals surface area contributed by atoms with Gasteiger partial charge in [0, 0.05) is 40.5 Å². The van der Waals surface area contributed by atoms with Gasteiger partial charge >= 0.3 is 0 Å². The molecule has 0 unspecified atom stereocenters. The molecule has 1 aromatic heterocycles. The molecular weight excluding hydrogens is 456 g/mol. The highest BCUT2D eigenvalue weighted by molar-refractivity contribution is 7.91. The molecule has 0 saturated heterocycles. The van der Waals surface area contributed by atoms with Crippen LogP contribution in [0.2, 0.25) is 0 Å². The maximum absolute atomic E-state index is 13.0. The molecule has 0 atom stereocenters. The molecule has 0 spiro atoms.